The molecule has 9 heteroatoms. The van der Waals surface area contributed by atoms with Crippen LogP contribution in [0.3, 0.4) is 0 Å². The molecule has 2 amide bonds. The van der Waals surface area contributed by atoms with Gasteiger partial charge in [0.15, 0.2) is 5.78 Å². The molecule has 2 saturated carbocycles. The highest BCUT2D eigenvalue weighted by atomic mass is 16.6. The standard InChI is InChI=1S/C31H36N2O7/c34-29(21-9-13-23(14-10-21)39-27-7-3-1-5-25(27)32-17-19-37-30(32)35)22-11-15-24(16-12-22)40-28-8-4-2-6-26(28)33-18-20-38-31(33)36/h9-16,25-28H,1-8,17-20H2/t25-,26-,27-,28-/m1/s1. The number of carbonyl (C=O) groups is 3. The third-order valence-electron chi connectivity index (χ3n) is 8.53. The van der Waals surface area contributed by atoms with E-state index in [0.29, 0.717) is 48.9 Å². The molecule has 0 bridgehead atoms. The number of rotatable bonds is 8. The molecule has 40 heavy (non-hydrogen) atoms. The fraction of sp³-hybridized carbons (Fsp3) is 0.516. The van der Waals surface area contributed by atoms with E-state index in [1.165, 1.54) is 0 Å². The van der Waals surface area contributed by atoms with Crippen molar-refractivity contribution in [2.75, 3.05) is 26.3 Å². The Morgan fingerprint density at radius 1 is 0.625 bits per heavy atom. The Morgan fingerprint density at radius 2 is 1.02 bits per heavy atom. The van der Waals surface area contributed by atoms with Crippen LogP contribution in [0, 0.1) is 0 Å². The third-order valence-corrected chi connectivity index (χ3v) is 8.53. The predicted molar refractivity (Wildman–Crippen MR) is 146 cm³/mol. The van der Waals surface area contributed by atoms with Crippen molar-refractivity contribution in [2.24, 2.45) is 0 Å². The molecule has 0 aromatic heterocycles. The number of nitrogens with zero attached hydrogens (tertiary/aromatic N) is 2. The van der Waals surface area contributed by atoms with Gasteiger partial charge in [-0.05, 0) is 87.1 Å². The predicted octanol–water partition coefficient (Wildman–Crippen LogP) is 5.20. The lowest BCUT2D eigenvalue weighted by atomic mass is 9.91. The number of ketones is 1. The number of benzene rings is 2. The minimum Gasteiger partial charge on any atom is -0.488 e. The zero-order valence-electron chi connectivity index (χ0n) is 22.7. The largest absolute Gasteiger partial charge is 0.488 e. The first-order valence-electron chi connectivity index (χ1n) is 14.5. The molecule has 2 aliphatic carbocycles. The topological polar surface area (TPSA) is 94.6 Å². The monoisotopic (exact) mass is 548 g/mol. The first kappa shape index (κ1) is 26.5. The molecule has 6 rings (SSSR count). The van der Waals surface area contributed by atoms with Crippen LogP contribution in [-0.2, 0) is 9.47 Å². The van der Waals surface area contributed by atoms with E-state index in [4.69, 9.17) is 18.9 Å². The molecule has 2 aromatic rings. The van der Waals surface area contributed by atoms with E-state index in [1.54, 1.807) is 34.1 Å². The summed E-state index contributed by atoms with van der Waals surface area (Å²) in [5.41, 5.74) is 1.15. The Balaban J connectivity index is 1.07. The number of ether oxygens (including phenoxy) is 4. The quantitative estimate of drug-likeness (QED) is 0.419. The van der Waals surface area contributed by atoms with Gasteiger partial charge in [0.05, 0.1) is 25.2 Å². The molecule has 2 aliphatic heterocycles. The van der Waals surface area contributed by atoms with Crippen molar-refractivity contribution in [3.8, 4) is 11.5 Å². The molecule has 9 nitrogen and oxygen atoms in total. The highest BCUT2D eigenvalue weighted by Gasteiger charge is 2.39. The van der Waals surface area contributed by atoms with Gasteiger partial charge in [0.2, 0.25) is 0 Å². The molecule has 4 fully saturated rings. The summed E-state index contributed by atoms with van der Waals surface area (Å²) in [5.74, 6) is 1.30. The smallest absolute Gasteiger partial charge is 0.410 e. The third kappa shape index (κ3) is 5.60. The van der Waals surface area contributed by atoms with E-state index in [2.05, 4.69) is 0 Å². The summed E-state index contributed by atoms with van der Waals surface area (Å²) >= 11 is 0. The fourth-order valence-corrected chi connectivity index (χ4v) is 6.44. The van der Waals surface area contributed by atoms with Crippen LogP contribution in [0.15, 0.2) is 48.5 Å². The summed E-state index contributed by atoms with van der Waals surface area (Å²) in [7, 11) is 0. The van der Waals surface area contributed by atoms with Gasteiger partial charge >= 0.3 is 12.2 Å². The van der Waals surface area contributed by atoms with E-state index in [1.807, 2.05) is 24.3 Å². The Labute approximate surface area is 234 Å². The molecule has 0 N–H and O–H groups in total. The number of carbonyl (C=O) groups excluding carboxylic acids is 3. The molecule has 0 unspecified atom stereocenters. The second kappa shape index (κ2) is 11.8. The average Bonchev–Trinajstić information content (AvgIpc) is 3.62. The maximum Gasteiger partial charge on any atom is 0.410 e. The minimum atomic E-state index is -0.257. The number of hydrogen-bond acceptors (Lipinski definition) is 7. The molecule has 2 heterocycles. The molecule has 4 aliphatic rings. The summed E-state index contributed by atoms with van der Waals surface area (Å²) in [4.78, 5) is 41.0. The molecule has 212 valence electrons. The molecule has 0 spiro atoms. The van der Waals surface area contributed by atoms with Gasteiger partial charge in [0.1, 0.15) is 36.9 Å². The van der Waals surface area contributed by atoms with E-state index in [-0.39, 0.29) is 42.3 Å². The van der Waals surface area contributed by atoms with Crippen molar-refractivity contribution in [1.82, 2.24) is 9.80 Å². The van der Waals surface area contributed by atoms with Gasteiger partial charge in [-0.2, -0.15) is 0 Å². The summed E-state index contributed by atoms with van der Waals surface area (Å²) in [5, 5.41) is 0. The van der Waals surface area contributed by atoms with Crippen LogP contribution in [0.4, 0.5) is 9.59 Å². The fourth-order valence-electron chi connectivity index (χ4n) is 6.44. The van der Waals surface area contributed by atoms with Crippen LogP contribution >= 0.6 is 0 Å². The van der Waals surface area contributed by atoms with Gasteiger partial charge in [0.25, 0.3) is 0 Å². The second-order valence-electron chi connectivity index (χ2n) is 11.0. The van der Waals surface area contributed by atoms with Crippen LogP contribution in [0.5, 0.6) is 11.5 Å². The zero-order chi connectivity index (χ0) is 27.5. The average molecular weight is 549 g/mol. The van der Waals surface area contributed by atoms with Crippen LogP contribution in [0.1, 0.15) is 67.3 Å². The highest BCUT2D eigenvalue weighted by molar-refractivity contribution is 6.09. The van der Waals surface area contributed by atoms with Gasteiger partial charge in [-0.15, -0.1) is 0 Å². The van der Waals surface area contributed by atoms with Crippen LogP contribution < -0.4 is 9.47 Å². The lowest BCUT2D eigenvalue weighted by Gasteiger charge is -2.36. The normalized spacial score (nSPS) is 26.8. The lowest BCUT2D eigenvalue weighted by molar-refractivity contribution is 0.0572. The summed E-state index contributed by atoms with van der Waals surface area (Å²) < 4.78 is 22.9. The highest BCUT2D eigenvalue weighted by Crippen LogP contribution is 2.31. The van der Waals surface area contributed by atoms with Crippen molar-refractivity contribution in [1.29, 1.82) is 0 Å². The van der Waals surface area contributed by atoms with Crippen molar-refractivity contribution in [3.05, 3.63) is 59.7 Å². The first-order valence-corrected chi connectivity index (χ1v) is 14.5. The molecule has 4 atom stereocenters. The van der Waals surface area contributed by atoms with Crippen LogP contribution in [0.2, 0.25) is 0 Å². The van der Waals surface area contributed by atoms with Gasteiger partial charge in [0, 0.05) is 11.1 Å². The zero-order valence-corrected chi connectivity index (χ0v) is 22.7. The summed E-state index contributed by atoms with van der Waals surface area (Å²) in [6.07, 6.45) is 7.14. The number of amides is 2. The van der Waals surface area contributed by atoms with Crippen molar-refractivity contribution < 1.29 is 33.3 Å². The van der Waals surface area contributed by atoms with Crippen LogP contribution in [0.25, 0.3) is 0 Å². The SMILES string of the molecule is O=C(c1ccc(O[C@@H]2CCCC[C@H]2N2CCOC2=O)cc1)c1ccc(O[C@@H]2CCCC[C@H]2N2CCOC2=O)cc1. The molecular formula is C31H36N2O7. The summed E-state index contributed by atoms with van der Waals surface area (Å²) in [6, 6.07) is 14.5. The van der Waals surface area contributed by atoms with Gasteiger partial charge < -0.3 is 18.9 Å². The van der Waals surface area contributed by atoms with Crippen molar-refractivity contribution in [2.45, 2.75) is 75.7 Å². The summed E-state index contributed by atoms with van der Waals surface area (Å²) in [6.45, 7) is 2.08. The number of hydrogen-bond donors (Lipinski definition) is 0. The molecular weight excluding hydrogens is 512 g/mol. The van der Waals surface area contributed by atoms with E-state index in [9.17, 15) is 14.4 Å². The Kier molecular flexibility index (Phi) is 7.80. The molecule has 2 aromatic carbocycles. The van der Waals surface area contributed by atoms with E-state index >= 15 is 0 Å². The van der Waals surface area contributed by atoms with Crippen molar-refractivity contribution in [3.63, 3.8) is 0 Å². The van der Waals surface area contributed by atoms with E-state index < -0.39 is 0 Å². The Bertz CT molecular complexity index is 1120. The van der Waals surface area contributed by atoms with E-state index in [0.717, 1.165) is 51.4 Å². The van der Waals surface area contributed by atoms with Gasteiger partial charge in [-0.3, -0.25) is 14.6 Å². The molecule has 2 saturated heterocycles. The molecule has 0 radical (unpaired) electrons. The number of cyclic esters (lactones) is 2. The maximum absolute atomic E-state index is 13.2. The van der Waals surface area contributed by atoms with Gasteiger partial charge in [-0.1, -0.05) is 12.8 Å². The van der Waals surface area contributed by atoms with Crippen molar-refractivity contribution >= 4 is 18.0 Å². The van der Waals surface area contributed by atoms with Gasteiger partial charge in [-0.25, -0.2) is 9.59 Å². The second-order valence-corrected chi connectivity index (χ2v) is 11.0. The first-order chi connectivity index (χ1) is 19.6. The minimum absolute atomic E-state index is 0.0128. The Hall–Kier alpha value is -3.75. The maximum atomic E-state index is 13.2. The van der Waals surface area contributed by atoms with Crippen LogP contribution in [-0.4, -0.2) is 78.4 Å². The Morgan fingerprint density at radius 3 is 1.40 bits per heavy atom. The lowest BCUT2D eigenvalue weighted by Crippen LogP contribution is -2.48.